The Kier molecular flexibility index (Phi) is 3.69. The van der Waals surface area contributed by atoms with Crippen LogP contribution in [0.1, 0.15) is 18.4 Å². The summed E-state index contributed by atoms with van der Waals surface area (Å²) >= 11 is 0. The molecular formula is C13H20N4O. The minimum absolute atomic E-state index is 0.174. The summed E-state index contributed by atoms with van der Waals surface area (Å²) in [5.41, 5.74) is 7.31. The minimum Gasteiger partial charge on any atom is -0.397 e. The predicted octanol–water partition coefficient (Wildman–Crippen LogP) is 1.03. The van der Waals surface area contributed by atoms with Crippen LogP contribution < -0.4 is 10.6 Å². The van der Waals surface area contributed by atoms with Gasteiger partial charge in [0.1, 0.15) is 5.82 Å². The molecule has 0 radical (unpaired) electrons. The molecule has 5 nitrogen and oxygen atoms in total. The molecule has 5 heteroatoms. The van der Waals surface area contributed by atoms with E-state index in [1.807, 2.05) is 29.8 Å². The first-order chi connectivity index (χ1) is 8.58. The zero-order valence-electron chi connectivity index (χ0n) is 11.0. The minimum atomic E-state index is 0.174. The molecule has 1 amide bonds. The van der Waals surface area contributed by atoms with Crippen molar-refractivity contribution < 1.29 is 4.79 Å². The molecule has 1 aromatic heterocycles. The van der Waals surface area contributed by atoms with Crippen molar-refractivity contribution in [2.75, 3.05) is 37.3 Å². The zero-order chi connectivity index (χ0) is 13.1. The molecule has 18 heavy (non-hydrogen) atoms. The van der Waals surface area contributed by atoms with Crippen LogP contribution in [0.3, 0.4) is 0 Å². The molecular weight excluding hydrogens is 228 g/mol. The second-order valence-corrected chi connectivity index (χ2v) is 4.85. The van der Waals surface area contributed by atoms with Gasteiger partial charge in [0.15, 0.2) is 0 Å². The molecule has 2 rings (SSSR count). The van der Waals surface area contributed by atoms with Crippen molar-refractivity contribution >= 4 is 17.4 Å². The molecule has 2 heterocycles. The average Bonchev–Trinajstić information content (AvgIpc) is 2.81. The fraction of sp³-hybridized carbons (Fsp3) is 0.538. The number of carbonyl (C=O) groups excluding carboxylic acids is 1. The number of amides is 1. The van der Waals surface area contributed by atoms with Crippen LogP contribution in [-0.2, 0) is 4.79 Å². The van der Waals surface area contributed by atoms with Crippen LogP contribution in [0, 0.1) is 6.92 Å². The van der Waals surface area contributed by atoms with E-state index in [9.17, 15) is 4.79 Å². The van der Waals surface area contributed by atoms with Gasteiger partial charge in [-0.05, 0) is 31.4 Å². The zero-order valence-corrected chi connectivity index (χ0v) is 11.0. The van der Waals surface area contributed by atoms with Gasteiger partial charge in [-0.25, -0.2) is 4.98 Å². The van der Waals surface area contributed by atoms with E-state index in [1.165, 1.54) is 0 Å². The third-order valence-electron chi connectivity index (χ3n) is 3.26. The number of aryl methyl sites for hydroxylation is 1. The van der Waals surface area contributed by atoms with Crippen LogP contribution in [0.4, 0.5) is 11.5 Å². The predicted molar refractivity (Wildman–Crippen MR) is 72.5 cm³/mol. The van der Waals surface area contributed by atoms with Gasteiger partial charge in [0.05, 0.1) is 18.4 Å². The largest absolute Gasteiger partial charge is 0.397 e. The van der Waals surface area contributed by atoms with Crippen LogP contribution in [0.5, 0.6) is 0 Å². The van der Waals surface area contributed by atoms with Crippen molar-refractivity contribution in [3.8, 4) is 0 Å². The number of nitrogen functional groups attached to an aromatic ring is 1. The monoisotopic (exact) mass is 248 g/mol. The number of likely N-dealkylation sites (tertiary alicyclic amines) is 1. The Hall–Kier alpha value is -1.78. The molecule has 1 aromatic rings. The van der Waals surface area contributed by atoms with Gasteiger partial charge in [0.25, 0.3) is 0 Å². The van der Waals surface area contributed by atoms with Crippen molar-refractivity contribution in [3.05, 3.63) is 17.8 Å². The van der Waals surface area contributed by atoms with Gasteiger partial charge in [-0.1, -0.05) is 0 Å². The van der Waals surface area contributed by atoms with Gasteiger partial charge in [0.2, 0.25) is 5.91 Å². The summed E-state index contributed by atoms with van der Waals surface area (Å²) in [4.78, 5) is 20.1. The Balaban J connectivity index is 2.02. The lowest BCUT2D eigenvalue weighted by Crippen LogP contribution is -2.37. The van der Waals surface area contributed by atoms with E-state index in [-0.39, 0.29) is 5.91 Å². The van der Waals surface area contributed by atoms with Gasteiger partial charge in [-0.15, -0.1) is 0 Å². The summed E-state index contributed by atoms with van der Waals surface area (Å²) in [6.07, 6.45) is 3.86. The molecule has 0 saturated carbocycles. The highest BCUT2D eigenvalue weighted by Crippen LogP contribution is 2.18. The summed E-state index contributed by atoms with van der Waals surface area (Å²) in [7, 11) is 1.89. The molecule has 0 unspecified atom stereocenters. The van der Waals surface area contributed by atoms with E-state index >= 15 is 0 Å². The number of hydrogen-bond donors (Lipinski definition) is 1. The van der Waals surface area contributed by atoms with Crippen LogP contribution in [-0.4, -0.2) is 42.5 Å². The third-order valence-corrected chi connectivity index (χ3v) is 3.26. The molecule has 1 fully saturated rings. The molecule has 1 aliphatic heterocycles. The first-order valence-corrected chi connectivity index (χ1v) is 6.29. The summed E-state index contributed by atoms with van der Waals surface area (Å²) in [5.74, 6) is 0.991. The lowest BCUT2D eigenvalue weighted by molar-refractivity contribution is -0.128. The van der Waals surface area contributed by atoms with Crippen molar-refractivity contribution in [2.24, 2.45) is 0 Å². The number of pyridine rings is 1. The van der Waals surface area contributed by atoms with Gasteiger partial charge in [0, 0.05) is 20.1 Å². The Labute approximate surface area is 108 Å². The van der Waals surface area contributed by atoms with Gasteiger partial charge in [-0.3, -0.25) is 4.79 Å². The standard InChI is InChI=1S/C13H20N4O/c1-10-7-11(14)8-15-13(10)16(2)9-12(18)17-5-3-4-6-17/h7-8H,3-6,9,14H2,1-2H3. The fourth-order valence-electron chi connectivity index (χ4n) is 2.33. The first-order valence-electron chi connectivity index (χ1n) is 6.29. The highest BCUT2D eigenvalue weighted by atomic mass is 16.2. The van der Waals surface area contributed by atoms with Gasteiger partial charge >= 0.3 is 0 Å². The molecule has 1 saturated heterocycles. The molecule has 0 aromatic carbocycles. The van der Waals surface area contributed by atoms with Crippen LogP contribution in [0.2, 0.25) is 0 Å². The maximum atomic E-state index is 12.0. The van der Waals surface area contributed by atoms with Crippen molar-refractivity contribution in [1.29, 1.82) is 0 Å². The number of nitrogens with two attached hydrogens (primary N) is 1. The second kappa shape index (κ2) is 5.25. The number of carbonyl (C=O) groups is 1. The molecule has 0 atom stereocenters. The van der Waals surface area contributed by atoms with Crippen LogP contribution >= 0.6 is 0 Å². The topological polar surface area (TPSA) is 62.5 Å². The average molecular weight is 248 g/mol. The normalized spacial score (nSPS) is 14.9. The highest BCUT2D eigenvalue weighted by molar-refractivity contribution is 5.81. The highest BCUT2D eigenvalue weighted by Gasteiger charge is 2.20. The molecule has 98 valence electrons. The quantitative estimate of drug-likeness (QED) is 0.868. The van der Waals surface area contributed by atoms with Crippen LogP contribution in [0.15, 0.2) is 12.3 Å². The molecule has 0 bridgehead atoms. The number of aromatic nitrogens is 1. The Bertz CT molecular complexity index is 441. The van der Waals surface area contributed by atoms with E-state index in [4.69, 9.17) is 5.73 Å². The van der Waals surface area contributed by atoms with Crippen LogP contribution in [0.25, 0.3) is 0 Å². The second-order valence-electron chi connectivity index (χ2n) is 4.85. The fourth-order valence-corrected chi connectivity index (χ4v) is 2.33. The number of rotatable bonds is 3. The lowest BCUT2D eigenvalue weighted by Gasteiger charge is -2.23. The number of hydrogen-bond acceptors (Lipinski definition) is 4. The maximum Gasteiger partial charge on any atom is 0.242 e. The number of likely N-dealkylation sites (N-methyl/N-ethyl adjacent to an activating group) is 1. The lowest BCUT2D eigenvalue weighted by atomic mass is 10.2. The number of nitrogens with zero attached hydrogens (tertiary/aromatic N) is 3. The van der Waals surface area contributed by atoms with Gasteiger partial charge in [-0.2, -0.15) is 0 Å². The Morgan fingerprint density at radius 2 is 2.17 bits per heavy atom. The van der Waals surface area contributed by atoms with Crippen molar-refractivity contribution in [3.63, 3.8) is 0 Å². The molecule has 1 aliphatic rings. The number of anilines is 2. The van der Waals surface area contributed by atoms with E-state index < -0.39 is 0 Å². The summed E-state index contributed by atoms with van der Waals surface area (Å²) in [6.45, 7) is 4.11. The maximum absolute atomic E-state index is 12.0. The molecule has 0 spiro atoms. The van der Waals surface area contributed by atoms with E-state index in [0.29, 0.717) is 12.2 Å². The van der Waals surface area contributed by atoms with E-state index in [2.05, 4.69) is 4.98 Å². The van der Waals surface area contributed by atoms with E-state index in [1.54, 1.807) is 6.20 Å². The van der Waals surface area contributed by atoms with Crippen molar-refractivity contribution in [2.45, 2.75) is 19.8 Å². The Morgan fingerprint density at radius 3 is 2.78 bits per heavy atom. The summed E-state index contributed by atoms with van der Waals surface area (Å²) in [6, 6.07) is 1.87. The summed E-state index contributed by atoms with van der Waals surface area (Å²) < 4.78 is 0. The Morgan fingerprint density at radius 1 is 1.50 bits per heavy atom. The van der Waals surface area contributed by atoms with E-state index in [0.717, 1.165) is 37.3 Å². The molecule has 0 aliphatic carbocycles. The molecule has 2 N–H and O–H groups in total. The first kappa shape index (κ1) is 12.7. The summed E-state index contributed by atoms with van der Waals surface area (Å²) in [5, 5.41) is 0. The smallest absolute Gasteiger partial charge is 0.242 e. The van der Waals surface area contributed by atoms with Crippen molar-refractivity contribution in [1.82, 2.24) is 9.88 Å². The van der Waals surface area contributed by atoms with Gasteiger partial charge < -0.3 is 15.5 Å². The third kappa shape index (κ3) is 2.72. The SMILES string of the molecule is Cc1cc(N)cnc1N(C)CC(=O)N1CCCC1.